The van der Waals surface area contributed by atoms with Crippen molar-refractivity contribution in [2.24, 2.45) is 0 Å². The van der Waals surface area contributed by atoms with Gasteiger partial charge < -0.3 is 5.32 Å². The second-order valence-electron chi connectivity index (χ2n) is 5.15. The van der Waals surface area contributed by atoms with E-state index >= 15 is 0 Å². The minimum absolute atomic E-state index is 0.338. The van der Waals surface area contributed by atoms with Gasteiger partial charge in [0.1, 0.15) is 0 Å². The molecular weight excluding hydrogens is 242 g/mol. The lowest BCUT2D eigenvalue weighted by Gasteiger charge is -2.19. The van der Waals surface area contributed by atoms with Crippen molar-refractivity contribution in [2.75, 3.05) is 6.54 Å². The highest BCUT2D eigenvalue weighted by Crippen LogP contribution is 2.25. The first kappa shape index (κ1) is 13.8. The van der Waals surface area contributed by atoms with Gasteiger partial charge in [0.05, 0.1) is 5.25 Å². The van der Waals surface area contributed by atoms with Crippen molar-refractivity contribution in [1.82, 2.24) is 5.32 Å². The summed E-state index contributed by atoms with van der Waals surface area (Å²) in [5.41, 5.74) is 2.45. The van der Waals surface area contributed by atoms with Crippen molar-refractivity contribution in [3.05, 3.63) is 35.4 Å². The molecule has 2 nitrogen and oxygen atoms in total. The Balaban J connectivity index is 1.99. The monoisotopic (exact) mass is 265 g/mol. The predicted molar refractivity (Wildman–Crippen MR) is 78.1 cm³/mol. The molecule has 0 saturated heterocycles. The smallest absolute Gasteiger partial charge is 0.0504 e. The lowest BCUT2D eigenvalue weighted by atomic mass is 10.2. The summed E-state index contributed by atoms with van der Waals surface area (Å²) < 4.78 is 12.5. The van der Waals surface area contributed by atoms with Gasteiger partial charge in [-0.05, 0) is 31.9 Å². The Morgan fingerprint density at radius 2 is 2.22 bits per heavy atom. The summed E-state index contributed by atoms with van der Waals surface area (Å²) in [6.45, 7) is 5.19. The van der Waals surface area contributed by atoms with Gasteiger partial charge in [0, 0.05) is 22.6 Å². The first-order chi connectivity index (χ1) is 8.70. The van der Waals surface area contributed by atoms with E-state index in [0.717, 1.165) is 13.0 Å². The van der Waals surface area contributed by atoms with Crippen LogP contribution in [0.15, 0.2) is 24.3 Å². The highest BCUT2D eigenvalue weighted by Gasteiger charge is 2.31. The molecule has 0 bridgehead atoms. The summed E-state index contributed by atoms with van der Waals surface area (Å²) in [6, 6.07) is 8.83. The topological polar surface area (TPSA) is 29.1 Å². The van der Waals surface area contributed by atoms with Gasteiger partial charge in [-0.15, -0.1) is 0 Å². The molecule has 2 rings (SSSR count). The largest absolute Gasteiger partial charge is 0.313 e. The van der Waals surface area contributed by atoms with Crippen molar-refractivity contribution in [1.29, 1.82) is 0 Å². The van der Waals surface area contributed by atoms with Crippen molar-refractivity contribution in [2.45, 2.75) is 50.2 Å². The molecule has 1 aromatic carbocycles. The van der Waals surface area contributed by atoms with Crippen molar-refractivity contribution in [3.63, 3.8) is 0 Å². The number of aryl methyl sites for hydroxylation is 1. The molecule has 0 aliphatic heterocycles. The Morgan fingerprint density at radius 3 is 2.94 bits per heavy atom. The van der Waals surface area contributed by atoms with Gasteiger partial charge in [-0.3, -0.25) is 4.21 Å². The molecule has 1 saturated carbocycles. The minimum Gasteiger partial charge on any atom is -0.313 e. The molecule has 1 fully saturated rings. The normalized spacial score (nSPS) is 25.2. The zero-order valence-corrected chi connectivity index (χ0v) is 12.1. The molecule has 1 aliphatic rings. The predicted octanol–water partition coefficient (Wildman–Crippen LogP) is 2.77. The number of benzene rings is 1. The van der Waals surface area contributed by atoms with Crippen LogP contribution in [-0.2, 0) is 16.6 Å². The maximum absolute atomic E-state index is 12.5. The molecule has 1 aromatic rings. The highest BCUT2D eigenvalue weighted by molar-refractivity contribution is 7.84. The summed E-state index contributed by atoms with van der Waals surface area (Å²) >= 11 is 0. The molecular formula is C15H23NOS. The molecule has 0 heterocycles. The Bertz CT molecular complexity index is 419. The molecule has 0 radical (unpaired) electrons. The molecule has 1 aliphatic carbocycles. The summed E-state index contributed by atoms with van der Waals surface area (Å²) in [6.07, 6.45) is 3.50. The second-order valence-corrected chi connectivity index (χ2v) is 6.80. The van der Waals surface area contributed by atoms with E-state index in [-0.39, 0.29) is 0 Å². The molecule has 3 heteroatoms. The summed E-state index contributed by atoms with van der Waals surface area (Å²) in [7, 11) is -0.749. The van der Waals surface area contributed by atoms with Crippen LogP contribution in [0.1, 0.15) is 37.3 Å². The average molecular weight is 265 g/mol. The third-order valence-electron chi connectivity index (χ3n) is 3.65. The Labute approximate surface area is 113 Å². The van der Waals surface area contributed by atoms with Crippen LogP contribution in [0, 0.1) is 6.92 Å². The number of nitrogens with one attached hydrogen (secondary N) is 1. The van der Waals surface area contributed by atoms with Gasteiger partial charge in [0.25, 0.3) is 0 Å². The van der Waals surface area contributed by atoms with Crippen LogP contribution in [-0.4, -0.2) is 22.0 Å². The Morgan fingerprint density at radius 1 is 1.39 bits per heavy atom. The van der Waals surface area contributed by atoms with Gasteiger partial charge in [-0.2, -0.15) is 0 Å². The maximum Gasteiger partial charge on any atom is 0.0504 e. The summed E-state index contributed by atoms with van der Waals surface area (Å²) in [5, 5.41) is 3.82. The zero-order chi connectivity index (χ0) is 13.0. The van der Waals surface area contributed by atoms with E-state index in [4.69, 9.17) is 0 Å². The summed E-state index contributed by atoms with van der Waals surface area (Å²) in [4.78, 5) is 0. The van der Waals surface area contributed by atoms with Gasteiger partial charge in [0.2, 0.25) is 0 Å². The fourth-order valence-corrected chi connectivity index (χ4v) is 4.56. The standard InChI is InChI=1S/C15H23NOS/c1-3-16-14-8-5-9-15(14)18(17)11-13-7-4-6-12(2)10-13/h4,6-7,10,14-16H,3,5,8-9,11H2,1-2H3. The van der Waals surface area contributed by atoms with E-state index < -0.39 is 10.8 Å². The fraction of sp³-hybridized carbons (Fsp3) is 0.600. The van der Waals surface area contributed by atoms with Crippen LogP contribution >= 0.6 is 0 Å². The highest BCUT2D eigenvalue weighted by atomic mass is 32.2. The third kappa shape index (κ3) is 3.42. The lowest BCUT2D eigenvalue weighted by molar-refractivity contribution is 0.540. The quantitative estimate of drug-likeness (QED) is 0.887. The minimum atomic E-state index is -0.749. The van der Waals surface area contributed by atoms with Gasteiger partial charge in [-0.25, -0.2) is 0 Å². The van der Waals surface area contributed by atoms with Crippen LogP contribution < -0.4 is 5.32 Å². The first-order valence-electron chi connectivity index (χ1n) is 6.87. The van der Waals surface area contributed by atoms with E-state index in [1.807, 2.05) is 0 Å². The van der Waals surface area contributed by atoms with Gasteiger partial charge >= 0.3 is 0 Å². The van der Waals surface area contributed by atoms with E-state index in [1.54, 1.807) is 0 Å². The van der Waals surface area contributed by atoms with Crippen molar-refractivity contribution in [3.8, 4) is 0 Å². The molecule has 0 amide bonds. The number of hydrogen-bond donors (Lipinski definition) is 1. The van der Waals surface area contributed by atoms with E-state index in [0.29, 0.717) is 17.0 Å². The van der Waals surface area contributed by atoms with Crippen LogP contribution in [0.2, 0.25) is 0 Å². The van der Waals surface area contributed by atoms with Crippen molar-refractivity contribution >= 4 is 10.8 Å². The van der Waals surface area contributed by atoms with Crippen LogP contribution in [0.3, 0.4) is 0 Å². The third-order valence-corrected chi connectivity index (χ3v) is 5.51. The molecule has 1 N–H and O–H groups in total. The van der Waals surface area contributed by atoms with Gasteiger partial charge in [0.15, 0.2) is 0 Å². The van der Waals surface area contributed by atoms with Crippen LogP contribution in [0.25, 0.3) is 0 Å². The zero-order valence-electron chi connectivity index (χ0n) is 11.3. The molecule has 18 heavy (non-hydrogen) atoms. The molecule has 0 spiro atoms. The SMILES string of the molecule is CCNC1CCCC1S(=O)Cc1cccc(C)c1. The summed E-state index contributed by atoms with van der Waals surface area (Å²) in [5.74, 6) is 0.703. The van der Waals surface area contributed by atoms with E-state index in [9.17, 15) is 4.21 Å². The molecule has 0 aromatic heterocycles. The van der Waals surface area contributed by atoms with E-state index in [1.165, 1.54) is 24.0 Å². The van der Waals surface area contributed by atoms with Crippen LogP contribution in [0.5, 0.6) is 0 Å². The molecule has 3 atom stereocenters. The van der Waals surface area contributed by atoms with E-state index in [2.05, 4.69) is 43.4 Å². The Hall–Kier alpha value is -0.670. The molecule has 100 valence electrons. The molecule has 3 unspecified atom stereocenters. The number of rotatable bonds is 5. The number of hydrogen-bond acceptors (Lipinski definition) is 2. The maximum atomic E-state index is 12.5. The van der Waals surface area contributed by atoms with Crippen molar-refractivity contribution < 1.29 is 4.21 Å². The first-order valence-corrected chi connectivity index (χ1v) is 8.25. The fourth-order valence-electron chi connectivity index (χ4n) is 2.81. The lowest BCUT2D eigenvalue weighted by Crippen LogP contribution is -2.38. The second kappa shape index (κ2) is 6.48. The average Bonchev–Trinajstić information content (AvgIpc) is 2.78. The van der Waals surface area contributed by atoms with Crippen LogP contribution in [0.4, 0.5) is 0 Å². The van der Waals surface area contributed by atoms with Gasteiger partial charge in [-0.1, -0.05) is 43.2 Å². The Kier molecular flexibility index (Phi) is 4.95.